The third-order valence-corrected chi connectivity index (χ3v) is 3.24. The maximum Gasteiger partial charge on any atom is 0.00693 e. The number of nitrogens with zero attached hydrogens (tertiary/aromatic N) is 1. The van der Waals surface area contributed by atoms with E-state index in [0.29, 0.717) is 6.04 Å². The lowest BCUT2D eigenvalue weighted by molar-refractivity contribution is 0.192. The lowest BCUT2D eigenvalue weighted by Gasteiger charge is -2.28. The van der Waals surface area contributed by atoms with Crippen LogP contribution in [0, 0.1) is 5.92 Å². The van der Waals surface area contributed by atoms with Crippen LogP contribution in [0.25, 0.3) is 0 Å². The lowest BCUT2D eigenvalue weighted by Crippen LogP contribution is -2.35. The van der Waals surface area contributed by atoms with E-state index in [0.717, 1.165) is 12.0 Å². The largest absolute Gasteiger partial charge is 0.328 e. The number of rotatable bonds is 3. The van der Waals surface area contributed by atoms with Crippen molar-refractivity contribution in [2.75, 3.05) is 13.1 Å². The molecule has 1 rings (SSSR count). The SMILES string of the molecule is CC(C)CC(C)N1CCCC(N)CC1. The molecule has 0 aromatic rings. The van der Waals surface area contributed by atoms with E-state index in [-0.39, 0.29) is 0 Å². The monoisotopic (exact) mass is 198 g/mol. The van der Waals surface area contributed by atoms with Crippen molar-refractivity contribution in [1.29, 1.82) is 0 Å². The van der Waals surface area contributed by atoms with Crippen LogP contribution < -0.4 is 5.73 Å². The predicted octanol–water partition coefficient (Wildman–Crippen LogP) is 2.23. The average Bonchev–Trinajstić information content (AvgIpc) is 2.28. The van der Waals surface area contributed by atoms with Gasteiger partial charge in [0.2, 0.25) is 0 Å². The highest BCUT2D eigenvalue weighted by Crippen LogP contribution is 2.16. The summed E-state index contributed by atoms with van der Waals surface area (Å²) in [4.78, 5) is 2.62. The summed E-state index contributed by atoms with van der Waals surface area (Å²) in [5, 5.41) is 0. The van der Waals surface area contributed by atoms with E-state index in [4.69, 9.17) is 5.73 Å². The molecular formula is C12H26N2. The molecule has 0 bridgehead atoms. The molecule has 0 spiro atoms. The Labute approximate surface area is 88.8 Å². The molecule has 2 unspecified atom stereocenters. The maximum absolute atomic E-state index is 5.97. The van der Waals surface area contributed by atoms with Gasteiger partial charge in [0.1, 0.15) is 0 Å². The molecule has 0 saturated carbocycles. The van der Waals surface area contributed by atoms with Crippen LogP contribution in [-0.4, -0.2) is 30.1 Å². The maximum atomic E-state index is 5.97. The second kappa shape index (κ2) is 5.72. The number of hydrogen-bond donors (Lipinski definition) is 1. The molecule has 0 aliphatic carbocycles. The Balaban J connectivity index is 2.35. The molecule has 1 saturated heterocycles. The summed E-state index contributed by atoms with van der Waals surface area (Å²) in [7, 11) is 0. The van der Waals surface area contributed by atoms with Gasteiger partial charge in [0.25, 0.3) is 0 Å². The Hall–Kier alpha value is -0.0800. The summed E-state index contributed by atoms with van der Waals surface area (Å²) >= 11 is 0. The van der Waals surface area contributed by atoms with Crippen molar-refractivity contribution in [2.45, 2.75) is 58.5 Å². The fraction of sp³-hybridized carbons (Fsp3) is 1.00. The zero-order valence-electron chi connectivity index (χ0n) is 10.00. The van der Waals surface area contributed by atoms with E-state index in [9.17, 15) is 0 Å². The summed E-state index contributed by atoms with van der Waals surface area (Å²) in [6.45, 7) is 9.42. The van der Waals surface area contributed by atoms with Gasteiger partial charge in [0.05, 0.1) is 0 Å². The molecular weight excluding hydrogens is 172 g/mol. The van der Waals surface area contributed by atoms with Crippen LogP contribution in [0.5, 0.6) is 0 Å². The van der Waals surface area contributed by atoms with Crippen molar-refractivity contribution in [3.05, 3.63) is 0 Å². The van der Waals surface area contributed by atoms with Crippen molar-refractivity contribution in [3.63, 3.8) is 0 Å². The minimum atomic E-state index is 0.450. The first-order valence-electron chi connectivity index (χ1n) is 6.09. The van der Waals surface area contributed by atoms with E-state index in [1.54, 1.807) is 0 Å². The molecule has 2 N–H and O–H groups in total. The Morgan fingerprint density at radius 3 is 2.57 bits per heavy atom. The zero-order valence-corrected chi connectivity index (χ0v) is 10.00. The van der Waals surface area contributed by atoms with Gasteiger partial charge >= 0.3 is 0 Å². The van der Waals surface area contributed by atoms with Crippen LogP contribution >= 0.6 is 0 Å². The summed E-state index contributed by atoms with van der Waals surface area (Å²) in [5.74, 6) is 0.807. The van der Waals surface area contributed by atoms with Gasteiger partial charge in [-0.05, 0) is 51.6 Å². The first kappa shape index (κ1) is 12.0. The number of hydrogen-bond acceptors (Lipinski definition) is 2. The Morgan fingerprint density at radius 2 is 1.93 bits per heavy atom. The van der Waals surface area contributed by atoms with Crippen LogP contribution in [0.15, 0.2) is 0 Å². The van der Waals surface area contributed by atoms with Crippen molar-refractivity contribution in [3.8, 4) is 0 Å². The van der Waals surface area contributed by atoms with Gasteiger partial charge in [-0.3, -0.25) is 0 Å². The second-order valence-electron chi connectivity index (χ2n) is 5.21. The van der Waals surface area contributed by atoms with Crippen molar-refractivity contribution in [2.24, 2.45) is 11.7 Å². The predicted molar refractivity (Wildman–Crippen MR) is 62.3 cm³/mol. The third-order valence-electron chi connectivity index (χ3n) is 3.24. The molecule has 1 aliphatic heterocycles. The fourth-order valence-corrected chi connectivity index (χ4v) is 2.42. The van der Waals surface area contributed by atoms with Crippen molar-refractivity contribution < 1.29 is 0 Å². The fourth-order valence-electron chi connectivity index (χ4n) is 2.42. The summed E-state index contributed by atoms with van der Waals surface area (Å²) < 4.78 is 0. The first-order chi connectivity index (χ1) is 6.59. The molecule has 1 fully saturated rings. The van der Waals surface area contributed by atoms with Gasteiger partial charge in [-0.15, -0.1) is 0 Å². The minimum absolute atomic E-state index is 0.450. The molecule has 2 atom stereocenters. The quantitative estimate of drug-likeness (QED) is 0.753. The third kappa shape index (κ3) is 3.97. The van der Waals surface area contributed by atoms with E-state index in [2.05, 4.69) is 25.7 Å². The highest BCUT2D eigenvalue weighted by molar-refractivity contribution is 4.76. The first-order valence-corrected chi connectivity index (χ1v) is 6.09. The molecule has 2 heteroatoms. The summed E-state index contributed by atoms with van der Waals surface area (Å²) in [6, 6.07) is 1.19. The van der Waals surface area contributed by atoms with Crippen LogP contribution in [-0.2, 0) is 0 Å². The highest BCUT2D eigenvalue weighted by atomic mass is 15.1. The molecule has 1 aliphatic rings. The van der Waals surface area contributed by atoms with Crippen LogP contribution in [0.4, 0.5) is 0 Å². The Morgan fingerprint density at radius 1 is 1.21 bits per heavy atom. The van der Waals surface area contributed by atoms with Gasteiger partial charge in [-0.2, -0.15) is 0 Å². The van der Waals surface area contributed by atoms with Crippen LogP contribution in [0.1, 0.15) is 46.5 Å². The topological polar surface area (TPSA) is 29.3 Å². The molecule has 2 nitrogen and oxygen atoms in total. The molecule has 1 heterocycles. The van der Waals surface area contributed by atoms with Crippen LogP contribution in [0.2, 0.25) is 0 Å². The number of likely N-dealkylation sites (tertiary alicyclic amines) is 1. The van der Waals surface area contributed by atoms with E-state index in [1.165, 1.54) is 38.8 Å². The Kier molecular flexibility index (Phi) is 4.90. The van der Waals surface area contributed by atoms with E-state index >= 15 is 0 Å². The average molecular weight is 198 g/mol. The molecule has 0 aromatic heterocycles. The molecule has 14 heavy (non-hydrogen) atoms. The lowest BCUT2D eigenvalue weighted by atomic mass is 10.0. The second-order valence-corrected chi connectivity index (χ2v) is 5.21. The molecule has 0 aromatic carbocycles. The van der Waals surface area contributed by atoms with Gasteiger partial charge in [0, 0.05) is 12.1 Å². The normalized spacial score (nSPS) is 27.6. The summed E-state index contributed by atoms with van der Waals surface area (Å²) in [6.07, 6.45) is 4.99. The van der Waals surface area contributed by atoms with Crippen LogP contribution in [0.3, 0.4) is 0 Å². The van der Waals surface area contributed by atoms with Gasteiger partial charge < -0.3 is 10.6 Å². The number of nitrogens with two attached hydrogens (primary N) is 1. The smallest absolute Gasteiger partial charge is 0.00693 e. The van der Waals surface area contributed by atoms with E-state index in [1.807, 2.05) is 0 Å². The highest BCUT2D eigenvalue weighted by Gasteiger charge is 2.18. The summed E-state index contributed by atoms with van der Waals surface area (Å²) in [5.41, 5.74) is 5.97. The zero-order chi connectivity index (χ0) is 10.6. The Bertz CT molecular complexity index is 156. The molecule has 0 amide bonds. The minimum Gasteiger partial charge on any atom is -0.328 e. The van der Waals surface area contributed by atoms with Crippen molar-refractivity contribution in [1.82, 2.24) is 4.90 Å². The molecule has 0 radical (unpaired) electrons. The van der Waals surface area contributed by atoms with Gasteiger partial charge in [-0.25, -0.2) is 0 Å². The van der Waals surface area contributed by atoms with Gasteiger partial charge in [0.15, 0.2) is 0 Å². The standard InChI is InChI=1S/C12H26N2/c1-10(2)9-11(3)14-7-4-5-12(13)6-8-14/h10-12H,4-9,13H2,1-3H3. The van der Waals surface area contributed by atoms with E-state index < -0.39 is 0 Å². The molecule has 84 valence electrons. The van der Waals surface area contributed by atoms with Crippen molar-refractivity contribution >= 4 is 0 Å². The van der Waals surface area contributed by atoms with Gasteiger partial charge in [-0.1, -0.05) is 13.8 Å².